The molecule has 0 amide bonds. The molecule has 0 bridgehead atoms. The number of thioether (sulfide) groups is 1. The van der Waals surface area contributed by atoms with Crippen molar-refractivity contribution in [2.45, 2.75) is 57.0 Å². The van der Waals surface area contributed by atoms with Crippen LogP contribution in [0.25, 0.3) is 0 Å². The summed E-state index contributed by atoms with van der Waals surface area (Å²) in [7, 11) is 0. The Kier molecular flexibility index (Phi) is 6.23. The minimum atomic E-state index is -0.199. The highest BCUT2D eigenvalue weighted by molar-refractivity contribution is 7.99. The van der Waals surface area contributed by atoms with Gasteiger partial charge in [-0.3, -0.25) is 4.79 Å². The third-order valence-electron chi connectivity index (χ3n) is 3.12. The summed E-state index contributed by atoms with van der Waals surface area (Å²) < 4.78 is 0. The van der Waals surface area contributed by atoms with Gasteiger partial charge in [-0.2, -0.15) is 0 Å². The highest BCUT2D eigenvalue weighted by atomic mass is 32.2. The highest BCUT2D eigenvalue weighted by Gasteiger charge is 2.29. The van der Waals surface area contributed by atoms with Crippen molar-refractivity contribution in [1.29, 1.82) is 0 Å². The minimum absolute atomic E-state index is 0.0508. The van der Waals surface area contributed by atoms with Gasteiger partial charge < -0.3 is 15.8 Å². The first-order chi connectivity index (χ1) is 9.27. The maximum absolute atomic E-state index is 11.6. The molecule has 1 aromatic heterocycles. The summed E-state index contributed by atoms with van der Waals surface area (Å²) in [5.41, 5.74) is 6.68. The third kappa shape index (κ3) is 4.92. The van der Waals surface area contributed by atoms with E-state index in [9.17, 15) is 9.90 Å². The Morgan fingerprint density at radius 1 is 1.50 bits per heavy atom. The number of H-pyrrole nitrogens is 1. The number of nitrogens with zero attached hydrogens (tertiary/aromatic N) is 1. The average Bonchev–Trinajstić information content (AvgIpc) is 2.33. The minimum Gasteiger partial charge on any atom is -0.395 e. The fraction of sp³-hybridized carbons (Fsp3) is 0.714. The second-order valence-corrected chi connectivity index (χ2v) is 7.25. The van der Waals surface area contributed by atoms with Gasteiger partial charge >= 0.3 is 0 Å². The van der Waals surface area contributed by atoms with Crippen molar-refractivity contribution in [1.82, 2.24) is 9.97 Å². The summed E-state index contributed by atoms with van der Waals surface area (Å²) in [6, 6.07) is 1.32. The number of aromatic nitrogens is 2. The van der Waals surface area contributed by atoms with Crippen LogP contribution < -0.4 is 11.3 Å². The molecular formula is C14H25N3O2S. The van der Waals surface area contributed by atoms with Gasteiger partial charge in [-0.1, -0.05) is 45.9 Å². The Morgan fingerprint density at radius 2 is 2.15 bits per heavy atom. The lowest BCUT2D eigenvalue weighted by Gasteiger charge is -2.32. The Labute approximate surface area is 124 Å². The molecule has 20 heavy (non-hydrogen) atoms. The van der Waals surface area contributed by atoms with Gasteiger partial charge in [0.2, 0.25) is 0 Å². The van der Waals surface area contributed by atoms with Gasteiger partial charge in [0.05, 0.1) is 11.9 Å². The first kappa shape index (κ1) is 17.2. The summed E-state index contributed by atoms with van der Waals surface area (Å²) in [5.74, 6) is 0. The molecule has 0 spiro atoms. The Balaban J connectivity index is 2.92. The summed E-state index contributed by atoms with van der Waals surface area (Å²) >= 11 is 1.34. The van der Waals surface area contributed by atoms with Crippen molar-refractivity contribution in [2.24, 2.45) is 11.1 Å². The number of aromatic amines is 1. The first-order valence-corrected chi connectivity index (χ1v) is 7.79. The van der Waals surface area contributed by atoms with Gasteiger partial charge in [-0.15, -0.1) is 0 Å². The molecule has 2 atom stereocenters. The van der Waals surface area contributed by atoms with Crippen molar-refractivity contribution in [3.8, 4) is 0 Å². The fourth-order valence-corrected chi connectivity index (χ4v) is 3.09. The number of rotatable bonds is 6. The van der Waals surface area contributed by atoms with Crippen LogP contribution in [0.4, 0.5) is 0 Å². The molecule has 1 aromatic rings. The van der Waals surface area contributed by atoms with E-state index in [1.54, 1.807) is 0 Å². The van der Waals surface area contributed by atoms with E-state index >= 15 is 0 Å². The molecule has 0 saturated carbocycles. The van der Waals surface area contributed by atoms with Crippen LogP contribution in [0.15, 0.2) is 16.0 Å². The van der Waals surface area contributed by atoms with Gasteiger partial charge in [-0.25, -0.2) is 4.98 Å². The predicted molar refractivity (Wildman–Crippen MR) is 83.0 cm³/mol. The number of aliphatic hydroxyl groups excluding tert-OH is 1. The molecule has 6 heteroatoms. The predicted octanol–water partition coefficient (Wildman–Crippen LogP) is 1.55. The lowest BCUT2D eigenvalue weighted by Crippen LogP contribution is -2.45. The first-order valence-electron chi connectivity index (χ1n) is 6.91. The van der Waals surface area contributed by atoms with E-state index in [4.69, 9.17) is 5.73 Å². The molecule has 0 aliphatic carbocycles. The van der Waals surface area contributed by atoms with Crippen LogP contribution in [-0.2, 0) is 6.42 Å². The molecular weight excluding hydrogens is 274 g/mol. The SMILES string of the molecule is CCCc1cc(=O)[nH]c(SC(CO)C(N)C(C)(C)C)n1. The van der Waals surface area contributed by atoms with Crippen LogP contribution in [-0.4, -0.2) is 33.0 Å². The zero-order valence-corrected chi connectivity index (χ0v) is 13.5. The molecule has 1 rings (SSSR count). The average molecular weight is 299 g/mol. The normalized spacial score (nSPS) is 15.1. The van der Waals surface area contributed by atoms with E-state index < -0.39 is 0 Å². The number of hydrogen-bond acceptors (Lipinski definition) is 5. The van der Waals surface area contributed by atoms with Gasteiger partial charge in [0.25, 0.3) is 5.56 Å². The lowest BCUT2D eigenvalue weighted by atomic mass is 9.85. The second-order valence-electron chi connectivity index (χ2n) is 6.02. The van der Waals surface area contributed by atoms with Crippen LogP contribution in [0.5, 0.6) is 0 Å². The maximum Gasteiger partial charge on any atom is 0.251 e. The van der Waals surface area contributed by atoms with Crippen LogP contribution in [0, 0.1) is 5.41 Å². The molecule has 114 valence electrons. The van der Waals surface area contributed by atoms with E-state index in [2.05, 4.69) is 9.97 Å². The molecule has 0 aliphatic rings. The van der Waals surface area contributed by atoms with Crippen molar-refractivity contribution < 1.29 is 5.11 Å². The van der Waals surface area contributed by atoms with Crippen LogP contribution in [0.1, 0.15) is 39.8 Å². The highest BCUT2D eigenvalue weighted by Crippen LogP contribution is 2.29. The number of aliphatic hydroxyl groups is 1. The third-order valence-corrected chi connectivity index (χ3v) is 4.28. The number of hydrogen-bond donors (Lipinski definition) is 3. The molecule has 0 radical (unpaired) electrons. The molecule has 0 aliphatic heterocycles. The maximum atomic E-state index is 11.6. The Morgan fingerprint density at radius 3 is 2.65 bits per heavy atom. The summed E-state index contributed by atoms with van der Waals surface area (Å²) in [4.78, 5) is 18.7. The molecule has 5 nitrogen and oxygen atoms in total. The van der Waals surface area contributed by atoms with Gasteiger partial charge in [0, 0.05) is 17.8 Å². The lowest BCUT2D eigenvalue weighted by molar-refractivity contribution is 0.233. The summed E-state index contributed by atoms with van der Waals surface area (Å²) in [6.45, 7) is 8.09. The van der Waals surface area contributed by atoms with E-state index in [1.165, 1.54) is 17.8 Å². The summed E-state index contributed by atoms with van der Waals surface area (Å²) in [5, 5.41) is 9.87. The van der Waals surface area contributed by atoms with Crippen LogP contribution >= 0.6 is 11.8 Å². The van der Waals surface area contributed by atoms with Crippen molar-refractivity contribution in [3.05, 3.63) is 22.1 Å². The van der Waals surface area contributed by atoms with E-state index in [1.807, 2.05) is 27.7 Å². The van der Waals surface area contributed by atoms with Gasteiger partial charge in [-0.05, 0) is 11.8 Å². The largest absolute Gasteiger partial charge is 0.395 e. The monoisotopic (exact) mass is 299 g/mol. The smallest absolute Gasteiger partial charge is 0.251 e. The second kappa shape index (κ2) is 7.24. The zero-order valence-electron chi connectivity index (χ0n) is 12.6. The summed E-state index contributed by atoms with van der Waals surface area (Å²) in [6.07, 6.45) is 1.71. The standard InChI is InChI=1S/C14H25N3O2S/c1-5-6-9-7-11(19)17-13(16-9)20-10(8-18)12(15)14(2,3)4/h7,10,12,18H,5-6,8,15H2,1-4H3,(H,16,17,19). The molecule has 1 heterocycles. The fourth-order valence-electron chi connectivity index (χ4n) is 1.85. The number of nitrogens with one attached hydrogen (secondary N) is 1. The van der Waals surface area contributed by atoms with Crippen LogP contribution in [0.2, 0.25) is 0 Å². The van der Waals surface area contributed by atoms with Crippen molar-refractivity contribution >= 4 is 11.8 Å². The van der Waals surface area contributed by atoms with E-state index in [0.717, 1.165) is 18.5 Å². The molecule has 0 fully saturated rings. The number of aryl methyl sites for hydroxylation is 1. The topological polar surface area (TPSA) is 92.0 Å². The molecule has 2 unspecified atom stereocenters. The Hall–Kier alpha value is -0.850. The Bertz CT molecular complexity index is 482. The van der Waals surface area contributed by atoms with Gasteiger partial charge in [0.15, 0.2) is 5.16 Å². The molecule has 4 N–H and O–H groups in total. The van der Waals surface area contributed by atoms with E-state index in [-0.39, 0.29) is 28.9 Å². The van der Waals surface area contributed by atoms with Crippen LogP contribution in [0.3, 0.4) is 0 Å². The van der Waals surface area contributed by atoms with Gasteiger partial charge in [0.1, 0.15) is 0 Å². The number of nitrogens with two attached hydrogens (primary N) is 1. The van der Waals surface area contributed by atoms with E-state index in [0.29, 0.717) is 5.16 Å². The van der Waals surface area contributed by atoms with Crippen molar-refractivity contribution in [2.75, 3.05) is 6.61 Å². The molecule has 0 aromatic carbocycles. The molecule has 0 saturated heterocycles. The zero-order chi connectivity index (χ0) is 15.3. The van der Waals surface area contributed by atoms with Crippen molar-refractivity contribution in [3.63, 3.8) is 0 Å². The quantitative estimate of drug-likeness (QED) is 0.547.